The number of hydrogen-bond donors (Lipinski definition) is 0. The van der Waals surface area contributed by atoms with Gasteiger partial charge in [0.1, 0.15) is 12.2 Å². The third-order valence-electron chi connectivity index (χ3n) is 8.64. The first-order chi connectivity index (χ1) is 13.4. The molecule has 7 aliphatic heterocycles. The Morgan fingerprint density at radius 1 is 0.714 bits per heavy atom. The van der Waals surface area contributed by atoms with Crippen LogP contribution in [0.4, 0.5) is 0 Å². The number of likely N-dealkylation sites (N-methyl/N-ethyl adjacent to an activating group) is 1. The number of nitrogens with zero attached hydrogens (tertiary/aromatic N) is 3. The van der Waals surface area contributed by atoms with Crippen LogP contribution in [0.15, 0.2) is 0 Å². The summed E-state index contributed by atoms with van der Waals surface area (Å²) in [7, 11) is 4.46. The number of epoxide rings is 1. The van der Waals surface area contributed by atoms with Gasteiger partial charge in [-0.1, -0.05) is 20.8 Å². The number of ether oxygens (including phenoxy) is 1. The molecule has 28 heavy (non-hydrogen) atoms. The lowest BCUT2D eigenvalue weighted by Crippen LogP contribution is -2.46. The maximum atomic E-state index is 5.60. The first-order valence-corrected chi connectivity index (χ1v) is 12.2. The van der Waals surface area contributed by atoms with Crippen LogP contribution in [0.5, 0.6) is 0 Å². The molecule has 4 nitrogen and oxygen atoms in total. The molecular weight excluding hydrogens is 346 g/mol. The van der Waals surface area contributed by atoms with Crippen molar-refractivity contribution in [3.63, 3.8) is 0 Å². The van der Waals surface area contributed by atoms with E-state index in [4.69, 9.17) is 4.74 Å². The second-order valence-electron chi connectivity index (χ2n) is 11.0. The summed E-state index contributed by atoms with van der Waals surface area (Å²) in [6.07, 6.45) is 9.70. The highest BCUT2D eigenvalue weighted by atomic mass is 16.6. The Morgan fingerprint density at radius 2 is 1.29 bits per heavy atom. The fourth-order valence-electron chi connectivity index (χ4n) is 6.38. The molecule has 5 atom stereocenters. The zero-order chi connectivity index (χ0) is 19.8. The van der Waals surface area contributed by atoms with E-state index in [0.717, 1.165) is 35.8 Å². The molecular formula is C24H45N3O. The molecule has 0 aromatic rings. The van der Waals surface area contributed by atoms with E-state index in [1.165, 1.54) is 71.2 Å². The molecule has 0 saturated carbocycles. The quantitative estimate of drug-likeness (QED) is 0.589. The van der Waals surface area contributed by atoms with Crippen molar-refractivity contribution in [3.8, 4) is 0 Å². The zero-order valence-corrected chi connectivity index (χ0v) is 19.1. The Hall–Kier alpha value is -0.160. The van der Waals surface area contributed by atoms with Crippen molar-refractivity contribution in [2.24, 2.45) is 23.7 Å². The van der Waals surface area contributed by atoms with Crippen LogP contribution in [0.1, 0.15) is 59.3 Å². The molecule has 5 unspecified atom stereocenters. The molecule has 162 valence electrons. The van der Waals surface area contributed by atoms with Crippen LogP contribution in [-0.4, -0.2) is 85.8 Å². The Morgan fingerprint density at radius 3 is 1.68 bits per heavy atom. The number of hydrogen-bond acceptors (Lipinski definition) is 4. The standard InChI is InChI=1S/C9H15NO.C8H15N.C7H15N/c1-5-3-6-8-9(11-8)7(4-5)10(6)2;1-7-6-9-4-2-8(7)3-5-9;1-7-3-5-8(2)6-4-7/h5-9H,3-4H2,1-2H3;7-8H,2-6H2,1H3;7H,3-6H2,1-2H3. The van der Waals surface area contributed by atoms with Gasteiger partial charge in [0, 0.05) is 18.6 Å². The van der Waals surface area contributed by atoms with E-state index in [-0.39, 0.29) is 0 Å². The first-order valence-electron chi connectivity index (χ1n) is 12.2. The molecule has 7 saturated heterocycles. The third-order valence-corrected chi connectivity index (χ3v) is 8.64. The van der Waals surface area contributed by atoms with E-state index in [0.29, 0.717) is 12.2 Å². The minimum Gasteiger partial charge on any atom is -0.366 e. The summed E-state index contributed by atoms with van der Waals surface area (Å²) in [5.41, 5.74) is 0. The van der Waals surface area contributed by atoms with Gasteiger partial charge in [-0.15, -0.1) is 0 Å². The highest BCUT2D eigenvalue weighted by molar-refractivity contribution is 5.13. The fourth-order valence-corrected chi connectivity index (χ4v) is 6.38. The van der Waals surface area contributed by atoms with Crippen LogP contribution < -0.4 is 0 Å². The van der Waals surface area contributed by atoms with E-state index in [9.17, 15) is 0 Å². The molecule has 0 aliphatic carbocycles. The van der Waals surface area contributed by atoms with Crippen LogP contribution in [0.3, 0.4) is 0 Å². The van der Waals surface area contributed by atoms with Gasteiger partial charge in [0.15, 0.2) is 0 Å². The lowest BCUT2D eigenvalue weighted by atomic mass is 9.80. The van der Waals surface area contributed by atoms with Crippen molar-refractivity contribution in [2.45, 2.75) is 83.6 Å². The van der Waals surface area contributed by atoms with Gasteiger partial charge in [-0.05, 0) is 102 Å². The SMILES string of the molecule is CC1CC2C3OC3C(C1)N2C.CC1CCN(C)CC1.CC1CN2CCC1CC2. The van der Waals surface area contributed by atoms with Gasteiger partial charge in [-0.3, -0.25) is 4.90 Å². The molecule has 0 aromatic heterocycles. The Balaban J connectivity index is 0.000000105. The molecule has 4 heteroatoms. The first kappa shape index (κ1) is 21.1. The Labute approximate surface area is 174 Å². The van der Waals surface area contributed by atoms with Crippen LogP contribution in [0, 0.1) is 23.7 Å². The normalized spacial score (nSPS) is 47.5. The van der Waals surface area contributed by atoms with Crippen molar-refractivity contribution in [1.82, 2.24) is 14.7 Å². The predicted molar refractivity (Wildman–Crippen MR) is 117 cm³/mol. The summed E-state index contributed by atoms with van der Waals surface area (Å²) in [4.78, 5) is 7.55. The number of morpholine rings is 1. The molecule has 0 spiro atoms. The molecule has 0 aromatic carbocycles. The van der Waals surface area contributed by atoms with E-state index < -0.39 is 0 Å². The van der Waals surface area contributed by atoms with Crippen molar-refractivity contribution in [3.05, 3.63) is 0 Å². The van der Waals surface area contributed by atoms with Gasteiger partial charge in [0.05, 0.1) is 0 Å². The summed E-state index contributed by atoms with van der Waals surface area (Å²) in [6, 6.07) is 1.52. The van der Waals surface area contributed by atoms with Crippen molar-refractivity contribution in [1.29, 1.82) is 0 Å². The topological polar surface area (TPSA) is 22.2 Å². The third kappa shape index (κ3) is 4.77. The maximum Gasteiger partial charge on any atom is 0.101 e. The number of rotatable bonds is 0. The summed E-state index contributed by atoms with van der Waals surface area (Å²) in [5.74, 6) is 3.98. The summed E-state index contributed by atoms with van der Waals surface area (Å²) in [5, 5.41) is 0. The van der Waals surface area contributed by atoms with Crippen LogP contribution in [0.25, 0.3) is 0 Å². The molecule has 7 fully saturated rings. The monoisotopic (exact) mass is 391 g/mol. The second-order valence-corrected chi connectivity index (χ2v) is 11.0. The van der Waals surface area contributed by atoms with Crippen molar-refractivity contribution < 1.29 is 4.74 Å². The number of fused-ring (bicyclic) bond motifs is 8. The molecule has 7 heterocycles. The lowest BCUT2D eigenvalue weighted by molar-refractivity contribution is 0.0526. The van der Waals surface area contributed by atoms with E-state index in [1.807, 2.05) is 0 Å². The molecule has 7 aliphatic rings. The van der Waals surface area contributed by atoms with Crippen LogP contribution >= 0.6 is 0 Å². The van der Waals surface area contributed by atoms with Gasteiger partial charge in [0.25, 0.3) is 0 Å². The minimum absolute atomic E-state index is 0.620. The van der Waals surface area contributed by atoms with Gasteiger partial charge in [0.2, 0.25) is 0 Å². The van der Waals surface area contributed by atoms with Crippen molar-refractivity contribution in [2.75, 3.05) is 46.8 Å². The molecule has 4 bridgehead atoms. The van der Waals surface area contributed by atoms with E-state index >= 15 is 0 Å². The lowest BCUT2D eigenvalue weighted by Gasteiger charge is -2.43. The number of piperidine rings is 5. The largest absolute Gasteiger partial charge is 0.366 e. The molecule has 7 rings (SSSR count). The van der Waals surface area contributed by atoms with Crippen LogP contribution in [0.2, 0.25) is 0 Å². The second kappa shape index (κ2) is 8.91. The highest BCUT2D eigenvalue weighted by Gasteiger charge is 2.61. The van der Waals surface area contributed by atoms with Crippen LogP contribution in [-0.2, 0) is 4.74 Å². The smallest absolute Gasteiger partial charge is 0.101 e. The highest BCUT2D eigenvalue weighted by Crippen LogP contribution is 2.48. The average molecular weight is 392 g/mol. The van der Waals surface area contributed by atoms with E-state index in [2.05, 4.69) is 49.6 Å². The molecule has 0 radical (unpaired) electrons. The molecule has 0 N–H and O–H groups in total. The van der Waals surface area contributed by atoms with Gasteiger partial charge >= 0.3 is 0 Å². The van der Waals surface area contributed by atoms with Gasteiger partial charge < -0.3 is 14.5 Å². The van der Waals surface area contributed by atoms with E-state index in [1.54, 1.807) is 0 Å². The Bertz CT molecular complexity index is 470. The maximum absolute atomic E-state index is 5.60. The minimum atomic E-state index is 0.620. The predicted octanol–water partition coefficient (Wildman–Crippen LogP) is 3.56. The zero-order valence-electron chi connectivity index (χ0n) is 19.1. The summed E-state index contributed by atoms with van der Waals surface area (Å²) in [6.45, 7) is 13.9. The van der Waals surface area contributed by atoms with Gasteiger partial charge in [-0.25, -0.2) is 0 Å². The summed E-state index contributed by atoms with van der Waals surface area (Å²) >= 11 is 0. The van der Waals surface area contributed by atoms with Crippen molar-refractivity contribution >= 4 is 0 Å². The van der Waals surface area contributed by atoms with Gasteiger partial charge in [-0.2, -0.15) is 0 Å². The fraction of sp³-hybridized carbons (Fsp3) is 1.00. The summed E-state index contributed by atoms with van der Waals surface area (Å²) < 4.78 is 5.60. The molecule has 0 amide bonds. The Kier molecular flexibility index (Phi) is 6.71. The number of likely N-dealkylation sites (tertiary alicyclic amines) is 1. The average Bonchev–Trinajstić information content (AvgIpc) is 3.45.